The lowest BCUT2D eigenvalue weighted by atomic mass is 9.82. The Morgan fingerprint density at radius 3 is 2.71 bits per heavy atom. The Hall–Kier alpha value is -1.88. The van der Waals surface area contributed by atoms with Gasteiger partial charge in [0.1, 0.15) is 5.82 Å². The van der Waals surface area contributed by atoms with Crippen molar-refractivity contribution in [3.63, 3.8) is 0 Å². The summed E-state index contributed by atoms with van der Waals surface area (Å²) in [6, 6.07) is 5.18. The van der Waals surface area contributed by atoms with Crippen LogP contribution in [-0.4, -0.2) is 31.8 Å². The molecule has 21 heavy (non-hydrogen) atoms. The van der Waals surface area contributed by atoms with Gasteiger partial charge in [-0.2, -0.15) is 0 Å². The van der Waals surface area contributed by atoms with E-state index in [0.29, 0.717) is 11.8 Å². The third-order valence-corrected chi connectivity index (χ3v) is 4.62. The van der Waals surface area contributed by atoms with E-state index in [9.17, 15) is 9.90 Å². The van der Waals surface area contributed by atoms with Crippen LogP contribution in [-0.2, 0) is 6.54 Å². The zero-order valence-corrected chi connectivity index (χ0v) is 11.7. The summed E-state index contributed by atoms with van der Waals surface area (Å²) in [6.45, 7) is 0.881. The van der Waals surface area contributed by atoms with Gasteiger partial charge in [-0.15, -0.1) is 0 Å². The van der Waals surface area contributed by atoms with Crippen molar-refractivity contribution >= 4 is 17.0 Å². The summed E-state index contributed by atoms with van der Waals surface area (Å²) >= 11 is 0. The van der Waals surface area contributed by atoms with Gasteiger partial charge in [-0.1, -0.05) is 0 Å². The molecular formula is C16H18N2O3. The molecule has 0 atom stereocenters. The lowest BCUT2D eigenvalue weighted by molar-refractivity contribution is 0.0353. The number of imidazole rings is 1. The number of aromatic nitrogens is 2. The minimum Gasteiger partial charge on any atom is -0.478 e. The molecule has 2 N–H and O–H groups in total. The predicted molar refractivity (Wildman–Crippen MR) is 77.4 cm³/mol. The van der Waals surface area contributed by atoms with Crippen LogP contribution in [0.5, 0.6) is 0 Å². The summed E-state index contributed by atoms with van der Waals surface area (Å²) in [5.74, 6) is 1.21. The predicted octanol–water partition coefficient (Wildman–Crippen LogP) is 2.38. The molecule has 110 valence electrons. The van der Waals surface area contributed by atoms with Crippen LogP contribution in [0.3, 0.4) is 0 Å². The molecule has 5 heteroatoms. The van der Waals surface area contributed by atoms with Gasteiger partial charge in [0, 0.05) is 12.5 Å². The van der Waals surface area contributed by atoms with Gasteiger partial charge in [-0.3, -0.25) is 0 Å². The van der Waals surface area contributed by atoms with Crippen LogP contribution in [0.15, 0.2) is 18.2 Å². The molecule has 2 aliphatic carbocycles. The summed E-state index contributed by atoms with van der Waals surface area (Å²) in [7, 11) is 0. The van der Waals surface area contributed by atoms with E-state index in [4.69, 9.17) is 5.11 Å². The van der Waals surface area contributed by atoms with Gasteiger partial charge in [-0.05, 0) is 49.8 Å². The second kappa shape index (κ2) is 4.56. The Labute approximate surface area is 122 Å². The number of aliphatic hydroxyl groups excluding tert-OH is 1. The molecule has 2 fully saturated rings. The van der Waals surface area contributed by atoms with Crippen molar-refractivity contribution in [2.45, 2.75) is 44.2 Å². The summed E-state index contributed by atoms with van der Waals surface area (Å²) in [4.78, 5) is 15.8. The van der Waals surface area contributed by atoms with Gasteiger partial charge in [0.2, 0.25) is 0 Å². The zero-order valence-electron chi connectivity index (χ0n) is 11.7. The minimum atomic E-state index is -0.915. The maximum Gasteiger partial charge on any atom is 0.335 e. The number of carboxylic acid groups (broad SMARTS) is 1. The first-order chi connectivity index (χ1) is 10.1. The number of nitrogens with zero attached hydrogens (tertiary/aromatic N) is 2. The van der Waals surface area contributed by atoms with Gasteiger partial charge in [0.15, 0.2) is 0 Å². The number of hydrogen-bond donors (Lipinski definition) is 2. The normalized spacial score (nSPS) is 25.0. The zero-order chi connectivity index (χ0) is 14.6. The van der Waals surface area contributed by atoms with Gasteiger partial charge in [0.05, 0.1) is 22.7 Å². The Balaban J connectivity index is 1.75. The third kappa shape index (κ3) is 2.21. The summed E-state index contributed by atoms with van der Waals surface area (Å²) in [5, 5.41) is 18.6. The van der Waals surface area contributed by atoms with Crippen molar-refractivity contribution in [3.8, 4) is 0 Å². The van der Waals surface area contributed by atoms with E-state index in [1.807, 2.05) is 6.07 Å². The highest BCUT2D eigenvalue weighted by molar-refractivity contribution is 5.92. The number of rotatable bonds is 4. The first-order valence-electron chi connectivity index (χ1n) is 7.53. The molecule has 0 aliphatic heterocycles. The van der Waals surface area contributed by atoms with Crippen molar-refractivity contribution in [1.29, 1.82) is 0 Å². The summed E-state index contributed by atoms with van der Waals surface area (Å²) in [6.07, 6.45) is 3.91. The number of aromatic carboxylic acids is 1. The maximum absolute atomic E-state index is 11.1. The minimum absolute atomic E-state index is 0.146. The number of benzene rings is 1. The Kier molecular flexibility index (Phi) is 2.79. The van der Waals surface area contributed by atoms with E-state index in [1.165, 1.54) is 12.8 Å². The molecular weight excluding hydrogens is 268 g/mol. The van der Waals surface area contributed by atoms with Crippen LogP contribution >= 0.6 is 0 Å². The van der Waals surface area contributed by atoms with Crippen LogP contribution in [0.4, 0.5) is 0 Å². The van der Waals surface area contributed by atoms with E-state index in [-0.39, 0.29) is 11.7 Å². The fourth-order valence-corrected chi connectivity index (χ4v) is 3.23. The summed E-state index contributed by atoms with van der Waals surface area (Å²) < 4.78 is 2.25. The molecule has 2 aliphatic rings. The van der Waals surface area contributed by atoms with E-state index >= 15 is 0 Å². The molecule has 0 saturated heterocycles. The molecule has 0 spiro atoms. The third-order valence-electron chi connectivity index (χ3n) is 4.62. The molecule has 0 amide bonds. The lowest BCUT2D eigenvalue weighted by Gasteiger charge is -2.32. The first kappa shape index (κ1) is 12.8. The number of carboxylic acids is 1. The fraction of sp³-hybridized carbons (Fsp3) is 0.500. The molecule has 5 nitrogen and oxygen atoms in total. The molecule has 0 unspecified atom stereocenters. The smallest absolute Gasteiger partial charge is 0.335 e. The highest BCUT2D eigenvalue weighted by Gasteiger charge is 2.33. The average molecular weight is 286 g/mol. The molecule has 1 aromatic carbocycles. The van der Waals surface area contributed by atoms with E-state index in [2.05, 4.69) is 9.55 Å². The largest absolute Gasteiger partial charge is 0.478 e. The topological polar surface area (TPSA) is 75.3 Å². The van der Waals surface area contributed by atoms with E-state index in [1.54, 1.807) is 12.1 Å². The van der Waals surface area contributed by atoms with Crippen molar-refractivity contribution in [1.82, 2.24) is 9.55 Å². The van der Waals surface area contributed by atoms with Crippen LogP contribution in [0.25, 0.3) is 11.0 Å². The number of hydrogen-bond acceptors (Lipinski definition) is 3. The Morgan fingerprint density at radius 2 is 2.10 bits per heavy atom. The molecule has 4 rings (SSSR count). The van der Waals surface area contributed by atoms with Crippen molar-refractivity contribution in [2.75, 3.05) is 0 Å². The van der Waals surface area contributed by atoms with E-state index in [0.717, 1.165) is 36.2 Å². The molecule has 2 aromatic rings. The van der Waals surface area contributed by atoms with Crippen molar-refractivity contribution in [3.05, 3.63) is 29.6 Å². The second-order valence-electron chi connectivity index (χ2n) is 6.35. The van der Waals surface area contributed by atoms with Crippen LogP contribution in [0.2, 0.25) is 0 Å². The number of carbonyl (C=O) groups is 1. The standard InChI is InChI=1S/C16H18N2O3/c19-12-5-9(6-12)8-18-14-4-3-11(16(20)21)7-13(14)17-15(18)10-1-2-10/h3-4,7,9-10,12,19H,1-2,5-6,8H2,(H,20,21). The van der Waals surface area contributed by atoms with Gasteiger partial charge in [-0.25, -0.2) is 9.78 Å². The van der Waals surface area contributed by atoms with Crippen molar-refractivity contribution < 1.29 is 15.0 Å². The maximum atomic E-state index is 11.1. The highest BCUT2D eigenvalue weighted by Crippen LogP contribution is 2.42. The molecule has 1 heterocycles. The second-order valence-corrected chi connectivity index (χ2v) is 6.35. The van der Waals surface area contributed by atoms with E-state index < -0.39 is 5.97 Å². The SMILES string of the molecule is O=C(O)c1ccc2c(c1)nc(C1CC1)n2CC1CC(O)C1. The molecule has 0 radical (unpaired) electrons. The molecule has 2 saturated carbocycles. The van der Waals surface area contributed by atoms with Crippen molar-refractivity contribution in [2.24, 2.45) is 5.92 Å². The van der Waals surface area contributed by atoms with Crippen LogP contribution in [0.1, 0.15) is 47.8 Å². The Bertz CT molecular complexity index is 712. The number of aliphatic hydroxyl groups is 1. The van der Waals surface area contributed by atoms with Gasteiger partial charge < -0.3 is 14.8 Å². The highest BCUT2D eigenvalue weighted by atomic mass is 16.4. The average Bonchev–Trinajstić information content (AvgIpc) is 3.20. The number of fused-ring (bicyclic) bond motifs is 1. The fourth-order valence-electron chi connectivity index (χ4n) is 3.23. The van der Waals surface area contributed by atoms with Gasteiger partial charge in [0.25, 0.3) is 0 Å². The quantitative estimate of drug-likeness (QED) is 0.905. The Morgan fingerprint density at radius 1 is 1.33 bits per heavy atom. The molecule has 1 aromatic heterocycles. The lowest BCUT2D eigenvalue weighted by Crippen LogP contribution is -2.31. The molecule has 0 bridgehead atoms. The van der Waals surface area contributed by atoms with Gasteiger partial charge >= 0.3 is 5.97 Å². The summed E-state index contributed by atoms with van der Waals surface area (Å²) in [5.41, 5.74) is 2.08. The van der Waals surface area contributed by atoms with Crippen LogP contribution in [0, 0.1) is 5.92 Å². The van der Waals surface area contributed by atoms with Crippen LogP contribution < -0.4 is 0 Å². The monoisotopic (exact) mass is 286 g/mol. The first-order valence-corrected chi connectivity index (χ1v) is 7.53.